The quantitative estimate of drug-likeness (QED) is 0.726. The Kier molecular flexibility index (Phi) is 5.96. The molecular weight excluding hydrogens is 338 g/mol. The molecule has 1 saturated heterocycles. The van der Waals surface area contributed by atoms with Gasteiger partial charge in [0.05, 0.1) is 0 Å². The molecule has 1 unspecified atom stereocenters. The van der Waals surface area contributed by atoms with Gasteiger partial charge in [0.1, 0.15) is 0 Å². The minimum atomic E-state index is 0.155. The highest BCUT2D eigenvalue weighted by atomic mass is 16.1. The molecule has 1 aromatic heterocycles. The average molecular weight is 372 g/mol. The van der Waals surface area contributed by atoms with E-state index in [2.05, 4.69) is 10.2 Å². The summed E-state index contributed by atoms with van der Waals surface area (Å²) in [6.45, 7) is 3.33. The van der Waals surface area contributed by atoms with Crippen molar-refractivity contribution >= 4 is 5.91 Å². The number of hydrogen-bond acceptors (Lipinski definition) is 3. The molecule has 148 valence electrons. The minimum Gasteiger partial charge on any atom is -0.356 e. The fraction of sp³-hybridized carbons (Fsp3) is 0.727. The highest BCUT2D eigenvalue weighted by molar-refractivity contribution is 5.76. The Balaban J connectivity index is 1.34. The second kappa shape index (κ2) is 8.59. The molecule has 1 N–H and O–H groups in total. The van der Waals surface area contributed by atoms with Crippen LogP contribution in [-0.2, 0) is 17.9 Å². The van der Waals surface area contributed by atoms with Crippen LogP contribution in [0, 0.1) is 11.8 Å². The van der Waals surface area contributed by atoms with Gasteiger partial charge in [-0.3, -0.25) is 14.5 Å². The first-order valence-corrected chi connectivity index (χ1v) is 10.9. The summed E-state index contributed by atoms with van der Waals surface area (Å²) >= 11 is 0. The molecule has 0 aromatic carbocycles. The van der Waals surface area contributed by atoms with Crippen molar-refractivity contribution in [3.05, 3.63) is 34.2 Å². The third-order valence-corrected chi connectivity index (χ3v) is 6.37. The molecule has 27 heavy (non-hydrogen) atoms. The van der Waals surface area contributed by atoms with Gasteiger partial charge in [-0.1, -0.05) is 25.3 Å². The Bertz CT molecular complexity index is 706. The van der Waals surface area contributed by atoms with Crippen LogP contribution in [0.15, 0.2) is 23.1 Å². The third kappa shape index (κ3) is 5.44. The molecule has 5 heteroatoms. The van der Waals surface area contributed by atoms with Gasteiger partial charge in [0.2, 0.25) is 5.91 Å². The van der Waals surface area contributed by atoms with Gasteiger partial charge in [0.15, 0.2) is 0 Å². The molecule has 1 atom stereocenters. The summed E-state index contributed by atoms with van der Waals surface area (Å²) in [6, 6.07) is 4.23. The Morgan fingerprint density at radius 1 is 1.11 bits per heavy atom. The molecule has 3 aliphatic rings. The summed E-state index contributed by atoms with van der Waals surface area (Å²) in [5.74, 6) is 1.72. The Morgan fingerprint density at radius 3 is 2.70 bits per heavy atom. The first-order chi connectivity index (χ1) is 13.2. The summed E-state index contributed by atoms with van der Waals surface area (Å²) in [6.07, 6.45) is 12.2. The number of piperidine rings is 1. The van der Waals surface area contributed by atoms with Crippen molar-refractivity contribution in [2.45, 2.75) is 76.9 Å². The van der Waals surface area contributed by atoms with E-state index in [9.17, 15) is 9.59 Å². The molecule has 2 aliphatic carbocycles. The molecule has 3 fully saturated rings. The fourth-order valence-electron chi connectivity index (χ4n) is 4.26. The molecule has 0 spiro atoms. The van der Waals surface area contributed by atoms with Crippen LogP contribution >= 0.6 is 0 Å². The number of nitrogens with one attached hydrogen (secondary N) is 1. The van der Waals surface area contributed by atoms with Crippen molar-refractivity contribution in [3.63, 3.8) is 0 Å². The monoisotopic (exact) mass is 371 g/mol. The van der Waals surface area contributed by atoms with Gasteiger partial charge < -0.3 is 9.88 Å². The molecule has 2 saturated carbocycles. The van der Waals surface area contributed by atoms with Crippen molar-refractivity contribution in [3.8, 4) is 0 Å². The van der Waals surface area contributed by atoms with E-state index in [1.54, 1.807) is 0 Å². The molecule has 1 aliphatic heterocycles. The number of hydrogen-bond donors (Lipinski definition) is 1. The molecule has 0 radical (unpaired) electrons. The zero-order valence-electron chi connectivity index (χ0n) is 16.4. The molecule has 2 heterocycles. The number of nitrogens with zero attached hydrogens (tertiary/aromatic N) is 2. The van der Waals surface area contributed by atoms with Crippen LogP contribution in [0.5, 0.6) is 0 Å². The molecule has 1 aromatic rings. The van der Waals surface area contributed by atoms with E-state index in [-0.39, 0.29) is 17.5 Å². The summed E-state index contributed by atoms with van der Waals surface area (Å²) in [7, 11) is 0. The third-order valence-electron chi connectivity index (χ3n) is 6.37. The maximum absolute atomic E-state index is 12.8. The zero-order chi connectivity index (χ0) is 18.6. The lowest BCUT2D eigenvalue weighted by molar-refractivity contribution is -0.122. The Hall–Kier alpha value is -1.62. The number of carbonyl (C=O) groups is 1. The van der Waals surface area contributed by atoms with Crippen LogP contribution in [0.1, 0.15) is 63.4 Å². The largest absolute Gasteiger partial charge is 0.356 e. The lowest BCUT2D eigenvalue weighted by atomic mass is 9.98. The zero-order valence-corrected chi connectivity index (χ0v) is 16.4. The van der Waals surface area contributed by atoms with Crippen LogP contribution in [-0.4, -0.2) is 34.5 Å². The van der Waals surface area contributed by atoms with Crippen molar-refractivity contribution < 1.29 is 4.79 Å². The lowest BCUT2D eigenvalue weighted by Crippen LogP contribution is -2.43. The topological polar surface area (TPSA) is 54.3 Å². The molecular formula is C22H33N3O2. The maximum atomic E-state index is 12.8. The number of likely N-dealkylation sites (tertiary alicyclic amines) is 1. The van der Waals surface area contributed by atoms with E-state index >= 15 is 0 Å². The lowest BCUT2D eigenvalue weighted by Gasteiger charge is -2.35. The number of aromatic nitrogens is 1. The van der Waals surface area contributed by atoms with Crippen LogP contribution < -0.4 is 10.9 Å². The summed E-state index contributed by atoms with van der Waals surface area (Å²) in [4.78, 5) is 27.5. The van der Waals surface area contributed by atoms with E-state index in [1.165, 1.54) is 32.1 Å². The predicted octanol–water partition coefficient (Wildman–Crippen LogP) is 2.92. The van der Waals surface area contributed by atoms with Crippen molar-refractivity contribution in [2.24, 2.45) is 11.8 Å². The SMILES string of the molecule is O=C(CC1CCCCN1Cc1cccn(CC2CC2)c1=O)NCCC1CC1. The fourth-order valence-corrected chi connectivity index (χ4v) is 4.26. The molecule has 5 nitrogen and oxygen atoms in total. The van der Waals surface area contributed by atoms with E-state index in [4.69, 9.17) is 0 Å². The van der Waals surface area contributed by atoms with Crippen molar-refractivity contribution in [1.29, 1.82) is 0 Å². The first kappa shape index (κ1) is 18.7. The summed E-state index contributed by atoms with van der Waals surface area (Å²) in [5.41, 5.74) is 1.03. The Morgan fingerprint density at radius 2 is 1.93 bits per heavy atom. The smallest absolute Gasteiger partial charge is 0.255 e. The van der Waals surface area contributed by atoms with E-state index < -0.39 is 0 Å². The van der Waals surface area contributed by atoms with E-state index in [0.717, 1.165) is 50.4 Å². The van der Waals surface area contributed by atoms with Gasteiger partial charge in [-0.15, -0.1) is 0 Å². The van der Waals surface area contributed by atoms with E-state index in [1.807, 2.05) is 22.9 Å². The number of carbonyl (C=O) groups excluding carboxylic acids is 1. The average Bonchev–Trinajstić information content (AvgIpc) is 3.56. The number of amides is 1. The maximum Gasteiger partial charge on any atom is 0.255 e. The standard InChI is InChI=1S/C22H33N3O2/c26-21(23-11-10-17-6-7-17)14-20-5-1-2-12-24(20)16-19-4-3-13-25(22(19)27)15-18-8-9-18/h3-4,13,17-18,20H,1-2,5-12,14-16H2,(H,23,26). The van der Waals surface area contributed by atoms with Gasteiger partial charge in [0, 0.05) is 43.9 Å². The van der Waals surface area contributed by atoms with Gasteiger partial charge in [-0.25, -0.2) is 0 Å². The molecule has 0 bridgehead atoms. The van der Waals surface area contributed by atoms with Crippen LogP contribution in [0.4, 0.5) is 0 Å². The minimum absolute atomic E-state index is 0.155. The number of pyridine rings is 1. The van der Waals surface area contributed by atoms with Gasteiger partial charge in [-0.05, 0) is 56.6 Å². The predicted molar refractivity (Wildman–Crippen MR) is 106 cm³/mol. The molecule has 1 amide bonds. The van der Waals surface area contributed by atoms with Crippen LogP contribution in [0.3, 0.4) is 0 Å². The summed E-state index contributed by atoms with van der Waals surface area (Å²) in [5, 5.41) is 3.10. The van der Waals surface area contributed by atoms with E-state index in [0.29, 0.717) is 18.9 Å². The second-order valence-electron chi connectivity index (χ2n) is 8.84. The molecule has 4 rings (SSSR count). The second-order valence-corrected chi connectivity index (χ2v) is 8.84. The van der Waals surface area contributed by atoms with Crippen LogP contribution in [0.25, 0.3) is 0 Å². The van der Waals surface area contributed by atoms with Crippen molar-refractivity contribution in [2.75, 3.05) is 13.1 Å². The first-order valence-electron chi connectivity index (χ1n) is 10.9. The number of rotatable bonds is 9. The summed E-state index contributed by atoms with van der Waals surface area (Å²) < 4.78 is 1.89. The van der Waals surface area contributed by atoms with Gasteiger partial charge in [0.25, 0.3) is 5.56 Å². The van der Waals surface area contributed by atoms with Gasteiger partial charge in [-0.2, -0.15) is 0 Å². The highest BCUT2D eigenvalue weighted by Gasteiger charge is 2.27. The highest BCUT2D eigenvalue weighted by Crippen LogP contribution is 2.32. The Labute approximate surface area is 162 Å². The van der Waals surface area contributed by atoms with Crippen LogP contribution in [0.2, 0.25) is 0 Å². The van der Waals surface area contributed by atoms with Gasteiger partial charge >= 0.3 is 0 Å². The normalized spacial score (nSPS) is 23.3. The van der Waals surface area contributed by atoms with Crippen molar-refractivity contribution in [1.82, 2.24) is 14.8 Å².